The topological polar surface area (TPSA) is 78.5 Å². The summed E-state index contributed by atoms with van der Waals surface area (Å²) in [5.41, 5.74) is 2.10. The summed E-state index contributed by atoms with van der Waals surface area (Å²) in [6, 6.07) is 11.0. The van der Waals surface area contributed by atoms with Crippen molar-refractivity contribution in [3.05, 3.63) is 71.6 Å². The Bertz CT molecular complexity index is 1020. The number of benzene rings is 2. The Hall–Kier alpha value is -2.71. The van der Waals surface area contributed by atoms with Gasteiger partial charge < -0.3 is 5.32 Å². The number of rotatable bonds is 7. The zero-order valence-corrected chi connectivity index (χ0v) is 18.6. The highest BCUT2D eigenvalue weighted by Crippen LogP contribution is 2.18. The first-order valence-electron chi connectivity index (χ1n) is 10.3. The van der Waals surface area contributed by atoms with E-state index in [1.165, 1.54) is 29.8 Å². The summed E-state index contributed by atoms with van der Waals surface area (Å²) in [5, 5.41) is 3.06. The SMILES string of the molecule is CC(C)=CCN1CCC(NC(=O)c2ccc(NS(=O)(=O)c3ccc(F)cc3)cc2)CC1. The van der Waals surface area contributed by atoms with Gasteiger partial charge in [-0.1, -0.05) is 11.6 Å². The van der Waals surface area contributed by atoms with Crippen LogP contribution in [0.1, 0.15) is 37.0 Å². The molecule has 0 radical (unpaired) electrons. The van der Waals surface area contributed by atoms with Crippen LogP contribution in [0.4, 0.5) is 10.1 Å². The van der Waals surface area contributed by atoms with Gasteiger partial charge in [-0.3, -0.25) is 14.4 Å². The van der Waals surface area contributed by atoms with Crippen molar-refractivity contribution < 1.29 is 17.6 Å². The molecule has 1 aliphatic heterocycles. The Balaban J connectivity index is 1.53. The molecule has 2 N–H and O–H groups in total. The lowest BCUT2D eigenvalue weighted by atomic mass is 10.0. The summed E-state index contributed by atoms with van der Waals surface area (Å²) in [6.07, 6.45) is 4.01. The van der Waals surface area contributed by atoms with E-state index in [0.717, 1.165) is 44.6 Å². The maximum atomic E-state index is 13.0. The number of piperidine rings is 1. The van der Waals surface area contributed by atoms with Gasteiger partial charge in [-0.15, -0.1) is 0 Å². The van der Waals surface area contributed by atoms with Crippen LogP contribution in [0.25, 0.3) is 0 Å². The molecule has 1 aliphatic rings. The van der Waals surface area contributed by atoms with E-state index in [-0.39, 0.29) is 16.8 Å². The second-order valence-corrected chi connectivity index (χ2v) is 9.65. The van der Waals surface area contributed by atoms with Crippen molar-refractivity contribution in [2.75, 3.05) is 24.4 Å². The van der Waals surface area contributed by atoms with Gasteiger partial charge in [0, 0.05) is 36.9 Å². The van der Waals surface area contributed by atoms with Crippen LogP contribution in [0.15, 0.2) is 65.1 Å². The Morgan fingerprint density at radius 3 is 2.26 bits per heavy atom. The fourth-order valence-corrected chi connectivity index (χ4v) is 4.42. The van der Waals surface area contributed by atoms with Crippen LogP contribution < -0.4 is 10.0 Å². The molecule has 0 atom stereocenters. The number of halogens is 1. The van der Waals surface area contributed by atoms with Gasteiger partial charge in [0.15, 0.2) is 0 Å². The number of carbonyl (C=O) groups excluding carboxylic acids is 1. The maximum absolute atomic E-state index is 13.0. The molecule has 0 spiro atoms. The molecular formula is C23H28FN3O3S. The molecule has 0 unspecified atom stereocenters. The molecule has 0 aliphatic carbocycles. The molecule has 2 aromatic carbocycles. The predicted molar refractivity (Wildman–Crippen MR) is 120 cm³/mol. The number of amides is 1. The van der Waals surface area contributed by atoms with Gasteiger partial charge in [-0.05, 0) is 75.2 Å². The van der Waals surface area contributed by atoms with E-state index in [1.807, 2.05) is 0 Å². The lowest BCUT2D eigenvalue weighted by Crippen LogP contribution is -2.44. The molecule has 0 saturated carbocycles. The van der Waals surface area contributed by atoms with Crippen molar-refractivity contribution in [1.82, 2.24) is 10.2 Å². The molecule has 0 bridgehead atoms. The van der Waals surface area contributed by atoms with Crippen LogP contribution in [0.3, 0.4) is 0 Å². The third-order valence-corrected chi connectivity index (χ3v) is 6.60. The van der Waals surface area contributed by atoms with Gasteiger partial charge in [0.2, 0.25) is 0 Å². The lowest BCUT2D eigenvalue weighted by molar-refractivity contribution is 0.0914. The van der Waals surface area contributed by atoms with Gasteiger partial charge in [-0.2, -0.15) is 0 Å². The molecule has 1 fully saturated rings. The van der Waals surface area contributed by atoms with E-state index in [9.17, 15) is 17.6 Å². The minimum atomic E-state index is -3.83. The van der Waals surface area contributed by atoms with Crippen LogP contribution in [-0.4, -0.2) is 44.9 Å². The third kappa shape index (κ3) is 6.63. The van der Waals surface area contributed by atoms with E-state index in [1.54, 1.807) is 12.1 Å². The lowest BCUT2D eigenvalue weighted by Gasteiger charge is -2.31. The van der Waals surface area contributed by atoms with E-state index in [0.29, 0.717) is 11.3 Å². The van der Waals surface area contributed by atoms with E-state index in [4.69, 9.17) is 0 Å². The van der Waals surface area contributed by atoms with Gasteiger partial charge in [0.1, 0.15) is 5.82 Å². The highest BCUT2D eigenvalue weighted by Gasteiger charge is 2.21. The zero-order valence-electron chi connectivity index (χ0n) is 17.8. The normalized spacial score (nSPS) is 15.3. The largest absolute Gasteiger partial charge is 0.349 e. The summed E-state index contributed by atoms with van der Waals surface area (Å²) >= 11 is 0. The van der Waals surface area contributed by atoms with Crippen LogP contribution in [0, 0.1) is 5.82 Å². The molecule has 0 aromatic heterocycles. The number of allylic oxidation sites excluding steroid dienone is 1. The van der Waals surface area contributed by atoms with Gasteiger partial charge in [0.05, 0.1) is 4.90 Å². The van der Waals surface area contributed by atoms with E-state index in [2.05, 4.69) is 34.9 Å². The third-order valence-electron chi connectivity index (χ3n) is 5.20. The van der Waals surface area contributed by atoms with E-state index < -0.39 is 15.8 Å². The van der Waals surface area contributed by atoms with Crippen molar-refractivity contribution in [3.63, 3.8) is 0 Å². The van der Waals surface area contributed by atoms with Crippen LogP contribution in [-0.2, 0) is 10.0 Å². The standard InChI is InChI=1S/C23H28FN3O3S/c1-17(2)11-14-27-15-12-20(13-16-27)25-23(28)18-3-7-21(8-4-18)26-31(29,30)22-9-5-19(24)6-10-22/h3-11,20,26H,12-16H2,1-2H3,(H,25,28). The number of likely N-dealkylation sites (tertiary alicyclic amines) is 1. The monoisotopic (exact) mass is 445 g/mol. The molecule has 31 heavy (non-hydrogen) atoms. The molecule has 1 saturated heterocycles. The highest BCUT2D eigenvalue weighted by molar-refractivity contribution is 7.92. The van der Waals surface area contributed by atoms with Gasteiger partial charge in [-0.25, -0.2) is 12.8 Å². The highest BCUT2D eigenvalue weighted by atomic mass is 32.2. The van der Waals surface area contributed by atoms with Crippen LogP contribution in [0.5, 0.6) is 0 Å². The quantitative estimate of drug-likeness (QED) is 0.636. The number of nitrogens with one attached hydrogen (secondary N) is 2. The van der Waals surface area contributed by atoms with Crippen LogP contribution in [0.2, 0.25) is 0 Å². The average molecular weight is 446 g/mol. The van der Waals surface area contributed by atoms with Crippen molar-refractivity contribution in [2.45, 2.75) is 37.6 Å². The van der Waals surface area contributed by atoms with Crippen LogP contribution >= 0.6 is 0 Å². The minimum absolute atomic E-state index is 0.0355. The summed E-state index contributed by atoms with van der Waals surface area (Å²) in [7, 11) is -3.83. The van der Waals surface area contributed by atoms with Crippen molar-refractivity contribution in [2.24, 2.45) is 0 Å². The summed E-state index contributed by atoms with van der Waals surface area (Å²) in [6.45, 7) is 7.01. The molecular weight excluding hydrogens is 417 g/mol. The number of hydrogen-bond acceptors (Lipinski definition) is 4. The molecule has 1 heterocycles. The summed E-state index contributed by atoms with van der Waals surface area (Å²) in [4.78, 5) is 14.9. The zero-order chi connectivity index (χ0) is 22.4. The molecule has 8 heteroatoms. The fraction of sp³-hybridized carbons (Fsp3) is 0.348. The predicted octanol–water partition coefficient (Wildman–Crippen LogP) is 3.79. The first kappa shape index (κ1) is 23.0. The average Bonchev–Trinajstić information content (AvgIpc) is 2.73. The Morgan fingerprint density at radius 2 is 1.68 bits per heavy atom. The second kappa shape index (κ2) is 10.1. The molecule has 166 valence electrons. The second-order valence-electron chi connectivity index (χ2n) is 7.97. The van der Waals surface area contributed by atoms with Crippen molar-refractivity contribution in [3.8, 4) is 0 Å². The number of anilines is 1. The van der Waals surface area contributed by atoms with E-state index >= 15 is 0 Å². The smallest absolute Gasteiger partial charge is 0.261 e. The number of sulfonamides is 1. The molecule has 1 amide bonds. The minimum Gasteiger partial charge on any atom is -0.349 e. The Labute approximate surface area is 183 Å². The van der Waals surface area contributed by atoms with Gasteiger partial charge >= 0.3 is 0 Å². The van der Waals surface area contributed by atoms with Gasteiger partial charge in [0.25, 0.3) is 15.9 Å². The first-order chi connectivity index (χ1) is 14.7. The number of hydrogen-bond donors (Lipinski definition) is 2. The van der Waals surface area contributed by atoms with Crippen molar-refractivity contribution in [1.29, 1.82) is 0 Å². The number of nitrogens with zero attached hydrogens (tertiary/aromatic N) is 1. The first-order valence-corrected chi connectivity index (χ1v) is 11.8. The van der Waals surface area contributed by atoms with Crippen molar-refractivity contribution >= 4 is 21.6 Å². The molecule has 6 nitrogen and oxygen atoms in total. The Morgan fingerprint density at radius 1 is 1.06 bits per heavy atom. The summed E-state index contributed by atoms with van der Waals surface area (Å²) < 4.78 is 40.2. The maximum Gasteiger partial charge on any atom is 0.261 e. The Kier molecular flexibility index (Phi) is 7.46. The fourth-order valence-electron chi connectivity index (χ4n) is 3.36. The number of carbonyl (C=O) groups is 1. The summed E-state index contributed by atoms with van der Waals surface area (Å²) in [5.74, 6) is -0.677. The molecule has 3 rings (SSSR count). The molecule has 2 aromatic rings.